The van der Waals surface area contributed by atoms with E-state index in [-0.39, 0.29) is 30.0 Å². The van der Waals surface area contributed by atoms with Gasteiger partial charge in [-0.3, -0.25) is 39.4 Å². The first kappa shape index (κ1) is 33.3. The van der Waals surface area contributed by atoms with Gasteiger partial charge in [0.05, 0.1) is 40.1 Å². The molecule has 3 fully saturated rings. The van der Waals surface area contributed by atoms with E-state index < -0.39 is 29.7 Å². The van der Waals surface area contributed by atoms with Crippen LogP contribution in [0, 0.1) is 5.92 Å². The number of nitrogens with two attached hydrogens (primary N) is 1. The lowest BCUT2D eigenvalue weighted by Gasteiger charge is -2.39. The number of allylic oxidation sites excluding steroid dienone is 1. The fourth-order valence-corrected chi connectivity index (χ4v) is 7.26. The van der Waals surface area contributed by atoms with Crippen molar-refractivity contribution in [3.63, 3.8) is 0 Å². The highest BCUT2D eigenvalue weighted by molar-refractivity contribution is 6.23. The molecule has 7 rings (SSSR count). The standard InChI is InChI=1S/C37H43N9O4/c1-22-21-45(13-12-44(22)2)27-6-8-30-31(17-27)42-32(20-41-30)24(18-38)19-40-26-14-23(15-26)4-3-11-39-25-5-7-28-29(16-25)37(50)46(36(28)49)33-9-10-34(47)43-35(33)48/h5-8,16-20,22-23,26,33,39H,3-4,9-15,21,38H2,1-2H3,(H,43,47,48)/t22-,23?,26?,33?/m1/s1. The van der Waals surface area contributed by atoms with Gasteiger partial charge in [-0.2, -0.15) is 0 Å². The fourth-order valence-electron chi connectivity index (χ4n) is 7.26. The minimum absolute atomic E-state index is 0.0923. The molecular weight excluding hydrogens is 634 g/mol. The van der Waals surface area contributed by atoms with Crippen LogP contribution in [0.15, 0.2) is 53.8 Å². The minimum Gasteiger partial charge on any atom is -0.404 e. The maximum Gasteiger partial charge on any atom is 0.262 e. The van der Waals surface area contributed by atoms with Gasteiger partial charge < -0.3 is 20.9 Å². The number of amides is 4. The summed E-state index contributed by atoms with van der Waals surface area (Å²) < 4.78 is 0. The Bertz CT molecular complexity index is 1900. The summed E-state index contributed by atoms with van der Waals surface area (Å²) in [5.74, 6) is -1.43. The molecule has 13 nitrogen and oxygen atoms in total. The van der Waals surface area contributed by atoms with Crippen molar-refractivity contribution in [2.45, 2.75) is 63.6 Å². The van der Waals surface area contributed by atoms with Gasteiger partial charge in [-0.1, -0.05) is 0 Å². The van der Waals surface area contributed by atoms with Crippen LogP contribution in [0.5, 0.6) is 0 Å². The third-order valence-corrected chi connectivity index (χ3v) is 10.5. The highest BCUT2D eigenvalue weighted by Crippen LogP contribution is 2.34. The Balaban J connectivity index is 0.873. The van der Waals surface area contributed by atoms with Crippen LogP contribution in [-0.4, -0.2) is 101 Å². The van der Waals surface area contributed by atoms with E-state index in [0.29, 0.717) is 17.7 Å². The van der Waals surface area contributed by atoms with Gasteiger partial charge in [0.2, 0.25) is 11.8 Å². The molecule has 0 spiro atoms. The molecule has 2 saturated heterocycles. The number of benzene rings is 2. The third kappa shape index (κ3) is 6.69. The molecule has 3 aromatic rings. The van der Waals surface area contributed by atoms with Gasteiger partial charge in [0, 0.05) is 68.0 Å². The normalized spacial score (nSPS) is 24.6. The van der Waals surface area contributed by atoms with E-state index in [1.54, 1.807) is 30.6 Å². The molecule has 1 aromatic heterocycles. The molecule has 4 amide bonds. The number of fused-ring (bicyclic) bond motifs is 2. The quantitative estimate of drug-likeness (QED) is 0.165. The van der Waals surface area contributed by atoms with Crippen molar-refractivity contribution in [3.8, 4) is 0 Å². The van der Waals surface area contributed by atoms with Crippen LogP contribution >= 0.6 is 0 Å². The summed E-state index contributed by atoms with van der Waals surface area (Å²) in [6.07, 6.45) is 9.37. The molecule has 2 atom stereocenters. The predicted octanol–water partition coefficient (Wildman–Crippen LogP) is 3.21. The van der Waals surface area contributed by atoms with Crippen LogP contribution in [0.2, 0.25) is 0 Å². The lowest BCUT2D eigenvalue weighted by molar-refractivity contribution is -0.136. The SMILES string of the molecule is C[C@@H]1CN(c2ccc3ncc(C(C=NC4CC(CCCNc5ccc6c(c5)C(=O)N(C5CCC(=O)NC5=O)C6=O)C4)=CN)nc3c2)CCN1C. The van der Waals surface area contributed by atoms with Gasteiger partial charge in [-0.05, 0) is 88.4 Å². The number of carbonyl (C=O) groups excluding carboxylic acids is 4. The molecule has 4 aliphatic rings. The molecule has 4 N–H and O–H groups in total. The maximum absolute atomic E-state index is 13.1. The lowest BCUT2D eigenvalue weighted by atomic mass is 9.78. The van der Waals surface area contributed by atoms with E-state index in [9.17, 15) is 19.2 Å². The lowest BCUT2D eigenvalue weighted by Crippen LogP contribution is -2.54. The van der Waals surface area contributed by atoms with Crippen molar-refractivity contribution in [1.82, 2.24) is 25.1 Å². The average Bonchev–Trinajstić information content (AvgIpc) is 3.34. The largest absolute Gasteiger partial charge is 0.404 e. The maximum atomic E-state index is 13.1. The summed E-state index contributed by atoms with van der Waals surface area (Å²) in [5, 5.41) is 5.58. The Labute approximate surface area is 291 Å². The van der Waals surface area contributed by atoms with Gasteiger partial charge in [-0.15, -0.1) is 0 Å². The van der Waals surface area contributed by atoms with Crippen LogP contribution < -0.4 is 21.3 Å². The summed E-state index contributed by atoms with van der Waals surface area (Å²) in [5.41, 5.74) is 11.6. The Morgan fingerprint density at radius 1 is 1.06 bits per heavy atom. The van der Waals surface area contributed by atoms with Crippen LogP contribution in [-0.2, 0) is 9.59 Å². The molecule has 1 saturated carbocycles. The number of likely N-dealkylation sites (N-methyl/N-ethyl adjacent to an activating group) is 1. The first-order chi connectivity index (χ1) is 24.2. The average molecular weight is 678 g/mol. The van der Waals surface area contributed by atoms with Gasteiger partial charge in [-0.25, -0.2) is 4.98 Å². The molecule has 0 radical (unpaired) electrons. The summed E-state index contributed by atoms with van der Waals surface area (Å²) >= 11 is 0. The van der Waals surface area contributed by atoms with Gasteiger partial charge >= 0.3 is 0 Å². The number of anilines is 2. The number of aliphatic imine (C=N–C) groups is 1. The van der Waals surface area contributed by atoms with E-state index in [1.807, 2.05) is 12.3 Å². The number of aromatic nitrogens is 2. The number of piperazine rings is 1. The van der Waals surface area contributed by atoms with Crippen molar-refractivity contribution in [2.24, 2.45) is 16.6 Å². The smallest absolute Gasteiger partial charge is 0.262 e. The highest BCUT2D eigenvalue weighted by Gasteiger charge is 2.44. The Morgan fingerprint density at radius 3 is 2.66 bits per heavy atom. The molecule has 3 aliphatic heterocycles. The highest BCUT2D eigenvalue weighted by atomic mass is 16.2. The van der Waals surface area contributed by atoms with Gasteiger partial charge in [0.25, 0.3) is 11.8 Å². The Morgan fingerprint density at radius 2 is 1.88 bits per heavy atom. The first-order valence-corrected chi connectivity index (χ1v) is 17.5. The zero-order valence-electron chi connectivity index (χ0n) is 28.5. The molecule has 13 heteroatoms. The second-order valence-electron chi connectivity index (χ2n) is 13.9. The van der Waals surface area contributed by atoms with Crippen molar-refractivity contribution in [1.29, 1.82) is 0 Å². The van der Waals surface area contributed by atoms with E-state index >= 15 is 0 Å². The number of hydrogen-bond donors (Lipinski definition) is 3. The van der Waals surface area contributed by atoms with Crippen LogP contribution in [0.4, 0.5) is 11.4 Å². The van der Waals surface area contributed by atoms with Crippen LogP contribution in [0.25, 0.3) is 16.6 Å². The molecule has 1 aliphatic carbocycles. The van der Waals surface area contributed by atoms with Crippen molar-refractivity contribution >= 4 is 57.8 Å². The number of piperidine rings is 1. The monoisotopic (exact) mass is 677 g/mol. The first-order valence-electron chi connectivity index (χ1n) is 17.5. The molecule has 0 bridgehead atoms. The number of nitrogens with one attached hydrogen (secondary N) is 2. The number of rotatable bonds is 10. The van der Waals surface area contributed by atoms with Crippen molar-refractivity contribution < 1.29 is 19.2 Å². The molecule has 2 aromatic carbocycles. The zero-order chi connectivity index (χ0) is 34.9. The van der Waals surface area contributed by atoms with E-state index in [2.05, 4.69) is 51.5 Å². The van der Waals surface area contributed by atoms with Gasteiger partial charge in [0.1, 0.15) is 6.04 Å². The predicted molar refractivity (Wildman–Crippen MR) is 192 cm³/mol. The van der Waals surface area contributed by atoms with Crippen molar-refractivity contribution in [3.05, 3.63) is 65.6 Å². The molecule has 260 valence electrons. The third-order valence-electron chi connectivity index (χ3n) is 10.5. The van der Waals surface area contributed by atoms with Crippen molar-refractivity contribution in [2.75, 3.05) is 43.4 Å². The Kier molecular flexibility index (Phi) is 9.32. The van der Waals surface area contributed by atoms with E-state index in [0.717, 1.165) is 84.7 Å². The minimum atomic E-state index is -0.970. The van der Waals surface area contributed by atoms with Crippen LogP contribution in [0.3, 0.4) is 0 Å². The zero-order valence-corrected chi connectivity index (χ0v) is 28.5. The Hall–Kier alpha value is -5.17. The van der Waals surface area contributed by atoms with Gasteiger partial charge in [0.15, 0.2) is 0 Å². The number of hydrogen-bond acceptors (Lipinski definition) is 11. The van der Waals surface area contributed by atoms with E-state index in [1.165, 1.54) is 0 Å². The summed E-state index contributed by atoms with van der Waals surface area (Å²) in [7, 11) is 2.17. The fraction of sp³-hybridized carbons (Fsp3) is 0.432. The molecule has 50 heavy (non-hydrogen) atoms. The summed E-state index contributed by atoms with van der Waals surface area (Å²) in [4.78, 5) is 70.0. The second-order valence-corrected chi connectivity index (χ2v) is 13.9. The second kappa shape index (κ2) is 14.0. The summed E-state index contributed by atoms with van der Waals surface area (Å²) in [6.45, 7) is 5.95. The number of carbonyl (C=O) groups is 4. The topological polar surface area (TPSA) is 166 Å². The summed E-state index contributed by atoms with van der Waals surface area (Å²) in [6, 6.07) is 11.1. The molecule has 1 unspecified atom stereocenters. The van der Waals surface area contributed by atoms with Crippen LogP contribution in [0.1, 0.15) is 71.9 Å². The number of nitrogens with zero attached hydrogens (tertiary/aromatic N) is 6. The number of imide groups is 2. The van der Waals surface area contributed by atoms with E-state index in [4.69, 9.17) is 15.7 Å². The molecular formula is C37H43N9O4. The molecule has 4 heterocycles.